The molecule has 2 saturated heterocycles. The van der Waals surface area contributed by atoms with Crippen molar-refractivity contribution in [2.75, 3.05) is 13.7 Å². The van der Waals surface area contributed by atoms with Gasteiger partial charge in [-0.3, -0.25) is 4.79 Å². The van der Waals surface area contributed by atoms with Crippen LogP contribution in [0.5, 0.6) is 5.75 Å². The molecule has 172 valence electrons. The third kappa shape index (κ3) is 5.48. The van der Waals surface area contributed by atoms with Crippen molar-refractivity contribution in [3.05, 3.63) is 65.2 Å². The molecule has 0 saturated carbocycles. The van der Waals surface area contributed by atoms with Crippen molar-refractivity contribution in [3.8, 4) is 5.75 Å². The van der Waals surface area contributed by atoms with Gasteiger partial charge in [0.15, 0.2) is 0 Å². The summed E-state index contributed by atoms with van der Waals surface area (Å²) >= 11 is 0. The lowest BCUT2D eigenvalue weighted by molar-refractivity contribution is -0.124. The average molecular weight is 441 g/mol. The minimum absolute atomic E-state index is 0.0725. The fourth-order valence-corrected chi connectivity index (χ4v) is 4.39. The maximum atomic E-state index is 12.3. The highest BCUT2D eigenvalue weighted by molar-refractivity contribution is 5.76. The van der Waals surface area contributed by atoms with Crippen LogP contribution in [0, 0.1) is 6.92 Å². The lowest BCUT2D eigenvalue weighted by Crippen LogP contribution is -2.39. The number of aryl methyl sites for hydroxylation is 1. The van der Waals surface area contributed by atoms with Gasteiger partial charge < -0.3 is 30.0 Å². The quantitative estimate of drug-likeness (QED) is 0.553. The molecule has 0 bridgehead atoms. The number of ether oxygens (including phenoxy) is 3. The first-order valence-corrected chi connectivity index (χ1v) is 11.2. The zero-order valence-electron chi connectivity index (χ0n) is 18.6. The van der Waals surface area contributed by atoms with E-state index in [-0.39, 0.29) is 36.7 Å². The standard InChI is InChI=1S/C25H32N2O5/c1-16-5-3-4-6-18(16)14-26-15-22-24(29)25-21(32-22)11-20(31-25)12-23(28)27-13-17-7-9-19(30-2)10-8-17/h3-10,20-22,24-26,29H,11-15H2,1-2H3,(H,27,28). The highest BCUT2D eigenvalue weighted by Gasteiger charge is 2.50. The Labute approximate surface area is 189 Å². The van der Waals surface area contributed by atoms with Gasteiger partial charge in [-0.05, 0) is 35.7 Å². The van der Waals surface area contributed by atoms with Gasteiger partial charge >= 0.3 is 0 Å². The minimum Gasteiger partial charge on any atom is -0.497 e. The van der Waals surface area contributed by atoms with E-state index in [2.05, 4.69) is 29.7 Å². The van der Waals surface area contributed by atoms with Crippen LogP contribution in [0.2, 0.25) is 0 Å². The summed E-state index contributed by atoms with van der Waals surface area (Å²) in [6.45, 7) is 3.82. The Kier molecular flexibility index (Phi) is 7.42. The van der Waals surface area contributed by atoms with E-state index in [1.165, 1.54) is 11.1 Å². The first-order valence-electron chi connectivity index (χ1n) is 11.2. The number of carbonyl (C=O) groups excluding carboxylic acids is 1. The smallest absolute Gasteiger partial charge is 0.222 e. The van der Waals surface area contributed by atoms with E-state index in [1.807, 2.05) is 36.4 Å². The van der Waals surface area contributed by atoms with Crippen molar-refractivity contribution in [1.82, 2.24) is 10.6 Å². The molecule has 0 radical (unpaired) electrons. The Hall–Kier alpha value is -2.45. The Morgan fingerprint density at radius 3 is 2.62 bits per heavy atom. The van der Waals surface area contributed by atoms with Gasteiger partial charge in [0.25, 0.3) is 0 Å². The fourth-order valence-electron chi connectivity index (χ4n) is 4.39. The molecular weight excluding hydrogens is 408 g/mol. The predicted molar refractivity (Wildman–Crippen MR) is 120 cm³/mol. The summed E-state index contributed by atoms with van der Waals surface area (Å²) in [4.78, 5) is 12.3. The SMILES string of the molecule is COc1ccc(CNC(=O)CC2CC3OC(CNCc4ccccc4C)C(O)C3O2)cc1. The molecule has 1 amide bonds. The number of aliphatic hydroxyl groups excluding tert-OH is 1. The highest BCUT2D eigenvalue weighted by Crippen LogP contribution is 2.35. The second kappa shape index (κ2) is 10.4. The summed E-state index contributed by atoms with van der Waals surface area (Å²) in [6, 6.07) is 15.8. The molecular formula is C25H32N2O5. The zero-order valence-corrected chi connectivity index (χ0v) is 18.6. The van der Waals surface area contributed by atoms with Gasteiger partial charge in [-0.2, -0.15) is 0 Å². The number of hydrogen-bond acceptors (Lipinski definition) is 6. The number of methoxy groups -OCH3 is 1. The molecule has 2 aliphatic rings. The van der Waals surface area contributed by atoms with Gasteiger partial charge in [-0.25, -0.2) is 0 Å². The highest BCUT2D eigenvalue weighted by atomic mass is 16.6. The summed E-state index contributed by atoms with van der Waals surface area (Å²) in [5, 5.41) is 17.0. The third-order valence-electron chi connectivity index (χ3n) is 6.26. The molecule has 5 unspecified atom stereocenters. The van der Waals surface area contributed by atoms with Crippen LogP contribution in [0.25, 0.3) is 0 Å². The van der Waals surface area contributed by atoms with Gasteiger partial charge in [-0.1, -0.05) is 36.4 Å². The fraction of sp³-hybridized carbons (Fsp3) is 0.480. The van der Waals surface area contributed by atoms with Gasteiger partial charge in [0.2, 0.25) is 5.91 Å². The molecule has 2 heterocycles. The molecule has 32 heavy (non-hydrogen) atoms. The summed E-state index contributed by atoms with van der Waals surface area (Å²) in [6.07, 6.45) is -0.914. The number of nitrogens with one attached hydrogen (secondary N) is 2. The summed E-state index contributed by atoms with van der Waals surface area (Å²) in [7, 11) is 1.62. The van der Waals surface area contributed by atoms with Crippen LogP contribution in [-0.4, -0.2) is 55.2 Å². The van der Waals surface area contributed by atoms with Crippen molar-refractivity contribution in [2.24, 2.45) is 0 Å². The van der Waals surface area contributed by atoms with E-state index in [4.69, 9.17) is 14.2 Å². The molecule has 4 rings (SSSR count). The molecule has 2 aromatic rings. The molecule has 7 heteroatoms. The van der Waals surface area contributed by atoms with Crippen molar-refractivity contribution in [1.29, 1.82) is 0 Å². The number of fused-ring (bicyclic) bond motifs is 1. The molecule has 2 aliphatic heterocycles. The normalized spacial score (nSPS) is 26.7. The number of aliphatic hydroxyl groups is 1. The predicted octanol–water partition coefficient (Wildman–Crippen LogP) is 2.09. The second-order valence-electron chi connectivity index (χ2n) is 8.55. The molecule has 5 atom stereocenters. The van der Waals surface area contributed by atoms with Crippen LogP contribution >= 0.6 is 0 Å². The third-order valence-corrected chi connectivity index (χ3v) is 6.26. The minimum atomic E-state index is -0.697. The number of rotatable bonds is 9. The maximum Gasteiger partial charge on any atom is 0.222 e. The van der Waals surface area contributed by atoms with Crippen LogP contribution in [0.4, 0.5) is 0 Å². The van der Waals surface area contributed by atoms with Crippen molar-refractivity contribution in [3.63, 3.8) is 0 Å². The summed E-state index contributed by atoms with van der Waals surface area (Å²) in [5.41, 5.74) is 3.47. The van der Waals surface area contributed by atoms with E-state index in [0.717, 1.165) is 17.9 Å². The van der Waals surface area contributed by atoms with Crippen LogP contribution in [-0.2, 0) is 27.4 Å². The Morgan fingerprint density at radius 1 is 1.12 bits per heavy atom. The molecule has 2 aromatic carbocycles. The van der Waals surface area contributed by atoms with Crippen molar-refractivity contribution in [2.45, 2.75) is 63.4 Å². The van der Waals surface area contributed by atoms with E-state index in [0.29, 0.717) is 19.5 Å². The lowest BCUT2D eigenvalue weighted by Gasteiger charge is -2.20. The molecule has 7 nitrogen and oxygen atoms in total. The van der Waals surface area contributed by atoms with E-state index in [9.17, 15) is 9.90 Å². The molecule has 3 N–H and O–H groups in total. The van der Waals surface area contributed by atoms with Crippen LogP contribution in [0.1, 0.15) is 29.5 Å². The first-order chi connectivity index (χ1) is 15.5. The van der Waals surface area contributed by atoms with Crippen LogP contribution in [0.3, 0.4) is 0 Å². The Balaban J connectivity index is 1.18. The Morgan fingerprint density at radius 2 is 1.91 bits per heavy atom. The lowest BCUT2D eigenvalue weighted by atomic mass is 10.1. The van der Waals surface area contributed by atoms with Gasteiger partial charge in [0, 0.05) is 26.1 Å². The summed E-state index contributed by atoms with van der Waals surface area (Å²) < 4.78 is 17.2. The van der Waals surface area contributed by atoms with Crippen LogP contribution in [0.15, 0.2) is 48.5 Å². The topological polar surface area (TPSA) is 89.1 Å². The number of carbonyl (C=O) groups is 1. The maximum absolute atomic E-state index is 12.3. The van der Waals surface area contributed by atoms with Crippen molar-refractivity contribution < 1.29 is 24.1 Å². The van der Waals surface area contributed by atoms with Crippen LogP contribution < -0.4 is 15.4 Å². The molecule has 2 fully saturated rings. The summed E-state index contributed by atoms with van der Waals surface area (Å²) in [5.74, 6) is 0.713. The molecule has 0 spiro atoms. The van der Waals surface area contributed by atoms with E-state index in [1.54, 1.807) is 7.11 Å². The number of amides is 1. The van der Waals surface area contributed by atoms with Gasteiger partial charge in [-0.15, -0.1) is 0 Å². The number of hydrogen-bond donors (Lipinski definition) is 3. The second-order valence-corrected chi connectivity index (χ2v) is 8.55. The number of benzene rings is 2. The van der Waals surface area contributed by atoms with Gasteiger partial charge in [0.1, 0.15) is 18.0 Å². The van der Waals surface area contributed by atoms with E-state index >= 15 is 0 Å². The monoisotopic (exact) mass is 440 g/mol. The van der Waals surface area contributed by atoms with E-state index < -0.39 is 6.10 Å². The largest absolute Gasteiger partial charge is 0.497 e. The average Bonchev–Trinajstić information content (AvgIpc) is 3.32. The Bertz CT molecular complexity index is 903. The van der Waals surface area contributed by atoms with Gasteiger partial charge in [0.05, 0.1) is 31.8 Å². The zero-order chi connectivity index (χ0) is 22.5. The molecule has 0 aliphatic carbocycles. The van der Waals surface area contributed by atoms with Crippen molar-refractivity contribution >= 4 is 5.91 Å². The molecule has 0 aromatic heterocycles. The first kappa shape index (κ1) is 22.7.